The molecule has 0 heterocycles. The maximum atomic E-state index is 11.4. The fourth-order valence-corrected chi connectivity index (χ4v) is 1.59. The maximum absolute atomic E-state index is 11.4. The van der Waals surface area contributed by atoms with Crippen molar-refractivity contribution in [1.29, 1.82) is 5.26 Å². The number of esters is 1. The van der Waals surface area contributed by atoms with Crippen molar-refractivity contribution in [2.24, 2.45) is 0 Å². The molecule has 0 radical (unpaired) electrons. The molecule has 114 valence electrons. The van der Waals surface area contributed by atoms with E-state index in [1.807, 2.05) is 13.8 Å². The largest absolute Gasteiger partial charge is 0.459 e. The van der Waals surface area contributed by atoms with Crippen LogP contribution in [0, 0.1) is 11.3 Å². The maximum Gasteiger partial charge on any atom is 0.348 e. The van der Waals surface area contributed by atoms with Gasteiger partial charge >= 0.3 is 5.97 Å². The Morgan fingerprint density at radius 3 is 2.55 bits per heavy atom. The van der Waals surface area contributed by atoms with Gasteiger partial charge in [-0.2, -0.15) is 5.26 Å². The van der Waals surface area contributed by atoms with Crippen molar-refractivity contribution in [3.8, 4) is 6.07 Å². The molecule has 0 N–H and O–H groups in total. The van der Waals surface area contributed by atoms with Crippen molar-refractivity contribution in [2.45, 2.75) is 52.2 Å². The highest BCUT2D eigenvalue weighted by molar-refractivity contribution is 5.91. The van der Waals surface area contributed by atoms with Gasteiger partial charge in [-0.25, -0.2) is 4.79 Å². The van der Waals surface area contributed by atoms with Gasteiger partial charge in [0.1, 0.15) is 24.4 Å². The minimum Gasteiger partial charge on any atom is -0.459 e. The Kier molecular flexibility index (Phi) is 10.7. The SMILES string of the molecule is C=C(C#N)C(=O)OCC(COCCC)OC(C)CCC. The molecule has 5 nitrogen and oxygen atoms in total. The van der Waals surface area contributed by atoms with Gasteiger partial charge < -0.3 is 14.2 Å². The molecule has 5 heteroatoms. The molecular formula is C15H25NO4. The van der Waals surface area contributed by atoms with Crippen molar-refractivity contribution < 1.29 is 19.0 Å². The molecular weight excluding hydrogens is 258 g/mol. The van der Waals surface area contributed by atoms with Gasteiger partial charge in [-0.05, 0) is 19.8 Å². The number of nitrogens with zero attached hydrogens (tertiary/aromatic N) is 1. The third kappa shape index (κ3) is 8.68. The van der Waals surface area contributed by atoms with Gasteiger partial charge in [-0.15, -0.1) is 0 Å². The van der Waals surface area contributed by atoms with Crippen LogP contribution in [0.1, 0.15) is 40.0 Å². The first-order valence-corrected chi connectivity index (χ1v) is 7.04. The van der Waals surface area contributed by atoms with Gasteiger partial charge in [0.2, 0.25) is 0 Å². The summed E-state index contributed by atoms with van der Waals surface area (Å²) in [4.78, 5) is 11.4. The van der Waals surface area contributed by atoms with E-state index in [0.717, 1.165) is 19.3 Å². The fourth-order valence-electron chi connectivity index (χ4n) is 1.59. The summed E-state index contributed by atoms with van der Waals surface area (Å²) in [5.41, 5.74) is -0.208. The van der Waals surface area contributed by atoms with Crippen molar-refractivity contribution in [2.75, 3.05) is 19.8 Å². The van der Waals surface area contributed by atoms with E-state index in [-0.39, 0.29) is 24.4 Å². The Balaban J connectivity index is 4.26. The quantitative estimate of drug-likeness (QED) is 0.252. The van der Waals surface area contributed by atoms with Gasteiger partial charge in [0.15, 0.2) is 0 Å². The summed E-state index contributed by atoms with van der Waals surface area (Å²) in [6, 6.07) is 1.66. The van der Waals surface area contributed by atoms with E-state index in [2.05, 4.69) is 13.5 Å². The van der Waals surface area contributed by atoms with Crippen LogP contribution in [0.4, 0.5) is 0 Å². The molecule has 0 fully saturated rings. The van der Waals surface area contributed by atoms with Gasteiger partial charge in [-0.1, -0.05) is 26.8 Å². The standard InChI is InChI=1S/C15H25NO4/c1-5-7-13(4)20-14(10-18-8-6-2)11-19-15(17)12(3)9-16/h13-14H,3,5-8,10-11H2,1-2,4H3. The lowest BCUT2D eigenvalue weighted by atomic mass is 10.2. The Morgan fingerprint density at radius 2 is 2.00 bits per heavy atom. The molecule has 0 aliphatic carbocycles. The van der Waals surface area contributed by atoms with E-state index in [4.69, 9.17) is 19.5 Å². The summed E-state index contributed by atoms with van der Waals surface area (Å²) in [5, 5.41) is 8.55. The van der Waals surface area contributed by atoms with Crippen molar-refractivity contribution >= 4 is 5.97 Å². The highest BCUT2D eigenvalue weighted by Crippen LogP contribution is 2.07. The topological polar surface area (TPSA) is 68.6 Å². The number of nitriles is 1. The van der Waals surface area contributed by atoms with Crippen molar-refractivity contribution in [3.63, 3.8) is 0 Å². The second-order valence-corrected chi connectivity index (χ2v) is 4.62. The Bertz CT molecular complexity index is 335. The van der Waals surface area contributed by atoms with Crippen molar-refractivity contribution in [3.05, 3.63) is 12.2 Å². The monoisotopic (exact) mass is 283 g/mol. The smallest absolute Gasteiger partial charge is 0.348 e. The summed E-state index contributed by atoms with van der Waals surface area (Å²) in [6.07, 6.45) is 2.63. The first kappa shape index (κ1) is 18.6. The second-order valence-electron chi connectivity index (χ2n) is 4.62. The third-order valence-corrected chi connectivity index (χ3v) is 2.55. The molecule has 0 aromatic carbocycles. The molecule has 0 aliphatic rings. The molecule has 0 aromatic heterocycles. The number of rotatable bonds is 11. The van der Waals surface area contributed by atoms with Gasteiger partial charge in [0.05, 0.1) is 12.7 Å². The van der Waals surface area contributed by atoms with Crippen LogP contribution in [-0.4, -0.2) is 38.0 Å². The highest BCUT2D eigenvalue weighted by atomic mass is 16.6. The normalized spacial score (nSPS) is 13.3. The molecule has 0 spiro atoms. The zero-order chi connectivity index (χ0) is 15.4. The minimum atomic E-state index is -0.709. The van der Waals surface area contributed by atoms with Crippen LogP contribution >= 0.6 is 0 Å². The second kappa shape index (κ2) is 11.4. The lowest BCUT2D eigenvalue weighted by Crippen LogP contribution is -2.31. The molecule has 0 aromatic rings. The minimum absolute atomic E-state index is 0.0668. The lowest BCUT2D eigenvalue weighted by molar-refractivity contribution is -0.147. The van der Waals surface area contributed by atoms with Crippen LogP contribution in [0.3, 0.4) is 0 Å². The molecule has 2 unspecified atom stereocenters. The fraction of sp³-hybridized carbons (Fsp3) is 0.733. The van der Waals surface area contributed by atoms with Crippen LogP contribution in [-0.2, 0) is 19.0 Å². The van der Waals surface area contributed by atoms with E-state index in [9.17, 15) is 4.79 Å². The number of carbonyl (C=O) groups excluding carboxylic acids is 1. The highest BCUT2D eigenvalue weighted by Gasteiger charge is 2.17. The molecule has 0 saturated heterocycles. The molecule has 0 bridgehead atoms. The molecule has 20 heavy (non-hydrogen) atoms. The van der Waals surface area contributed by atoms with Crippen LogP contribution in [0.2, 0.25) is 0 Å². The predicted molar refractivity (Wildman–Crippen MR) is 76.1 cm³/mol. The summed E-state index contributed by atoms with van der Waals surface area (Å²) in [7, 11) is 0. The Morgan fingerprint density at radius 1 is 1.30 bits per heavy atom. The summed E-state index contributed by atoms with van der Waals surface area (Å²) < 4.78 is 16.2. The van der Waals surface area contributed by atoms with Crippen molar-refractivity contribution in [1.82, 2.24) is 0 Å². The van der Waals surface area contributed by atoms with E-state index in [1.165, 1.54) is 0 Å². The van der Waals surface area contributed by atoms with Crippen LogP contribution in [0.5, 0.6) is 0 Å². The molecule has 2 atom stereocenters. The molecule has 0 saturated carbocycles. The van der Waals surface area contributed by atoms with Crippen LogP contribution in [0.15, 0.2) is 12.2 Å². The number of ether oxygens (including phenoxy) is 3. The number of carbonyl (C=O) groups is 1. The number of hydrogen-bond donors (Lipinski definition) is 0. The average molecular weight is 283 g/mol. The Hall–Kier alpha value is -1.38. The van der Waals surface area contributed by atoms with Gasteiger partial charge in [-0.3, -0.25) is 0 Å². The predicted octanol–water partition coefficient (Wildman–Crippen LogP) is 2.61. The first-order valence-electron chi connectivity index (χ1n) is 7.04. The molecule has 0 rings (SSSR count). The zero-order valence-electron chi connectivity index (χ0n) is 12.7. The summed E-state index contributed by atoms with van der Waals surface area (Å²) >= 11 is 0. The van der Waals surface area contributed by atoms with E-state index >= 15 is 0 Å². The van der Waals surface area contributed by atoms with E-state index in [1.54, 1.807) is 6.07 Å². The number of hydrogen-bond acceptors (Lipinski definition) is 5. The first-order chi connectivity index (χ1) is 9.54. The van der Waals surface area contributed by atoms with Gasteiger partial charge in [0, 0.05) is 6.61 Å². The summed E-state index contributed by atoms with van der Waals surface area (Å²) in [6.45, 7) is 10.5. The van der Waals surface area contributed by atoms with Crippen LogP contribution in [0.25, 0.3) is 0 Å². The molecule has 0 amide bonds. The van der Waals surface area contributed by atoms with E-state index in [0.29, 0.717) is 13.2 Å². The zero-order valence-corrected chi connectivity index (χ0v) is 12.7. The van der Waals surface area contributed by atoms with Crippen LogP contribution < -0.4 is 0 Å². The average Bonchev–Trinajstić information content (AvgIpc) is 2.43. The van der Waals surface area contributed by atoms with E-state index < -0.39 is 5.97 Å². The van der Waals surface area contributed by atoms with Gasteiger partial charge in [0.25, 0.3) is 0 Å². The molecule has 0 aliphatic heterocycles. The lowest BCUT2D eigenvalue weighted by Gasteiger charge is -2.22. The Labute approximate surface area is 121 Å². The third-order valence-electron chi connectivity index (χ3n) is 2.55. The summed E-state index contributed by atoms with van der Waals surface area (Å²) in [5.74, 6) is -0.709.